The van der Waals surface area contributed by atoms with Gasteiger partial charge in [0, 0.05) is 6.08 Å². The average molecular weight is 387 g/mol. The molecule has 2 amide bonds. The number of carbonyl (C=O) groups excluding carboxylic acids is 2. The number of carbonyl (C=O) groups is 2. The van der Waals surface area contributed by atoms with Crippen molar-refractivity contribution >= 4 is 39.3 Å². The predicted octanol–water partition coefficient (Wildman–Crippen LogP) is 0.664. The summed E-state index contributed by atoms with van der Waals surface area (Å²) in [6.45, 7) is 0.0889. The largest absolute Gasteiger partial charge is 0.454 e. The van der Waals surface area contributed by atoms with Crippen molar-refractivity contribution in [1.29, 1.82) is 0 Å². The lowest BCUT2D eigenvalue weighted by atomic mass is 10.1. The van der Waals surface area contributed by atoms with E-state index in [0.717, 1.165) is 0 Å². The minimum Gasteiger partial charge on any atom is -0.454 e. The molecule has 1 fully saturated rings. The molecule has 0 bridgehead atoms. The van der Waals surface area contributed by atoms with Crippen LogP contribution in [0.1, 0.15) is 12.0 Å². The van der Waals surface area contributed by atoms with Gasteiger partial charge in [0.05, 0.1) is 22.4 Å². The molecule has 1 aromatic carbocycles. The molecule has 134 valence electrons. The van der Waals surface area contributed by atoms with Gasteiger partial charge in [0.15, 0.2) is 21.3 Å². The van der Waals surface area contributed by atoms with Crippen molar-refractivity contribution in [2.75, 3.05) is 18.3 Å². The standard InChI is InChI=1S/C15H15ClN2O6S/c16-11-5-9(6-12-14(11)24-8-23-12)1-2-13(19)17-18-15(20)10-3-4-25(21,22)7-10/h1-2,5-6,10H,3-4,7-8H2,(H,17,19)(H,18,20)/b2-1+/t10-/m0/s1. The Labute approximate surface area is 149 Å². The van der Waals surface area contributed by atoms with Gasteiger partial charge in [0.1, 0.15) is 0 Å². The van der Waals surface area contributed by atoms with Gasteiger partial charge in [0.25, 0.3) is 5.91 Å². The lowest BCUT2D eigenvalue weighted by Gasteiger charge is -2.09. The molecule has 0 spiro atoms. The number of hydrogen-bond donors (Lipinski definition) is 2. The normalized spacial score (nSPS) is 20.6. The van der Waals surface area contributed by atoms with Crippen LogP contribution in [0.4, 0.5) is 0 Å². The Kier molecular flexibility index (Phi) is 4.87. The molecule has 3 rings (SSSR count). The van der Waals surface area contributed by atoms with Crippen LogP contribution in [0.2, 0.25) is 5.02 Å². The van der Waals surface area contributed by atoms with Crippen molar-refractivity contribution < 1.29 is 27.5 Å². The minimum atomic E-state index is -3.16. The monoisotopic (exact) mass is 386 g/mol. The highest BCUT2D eigenvalue weighted by molar-refractivity contribution is 7.91. The average Bonchev–Trinajstić information content (AvgIpc) is 3.17. The van der Waals surface area contributed by atoms with E-state index in [0.29, 0.717) is 22.1 Å². The SMILES string of the molecule is O=C(/C=C/c1cc(Cl)c2c(c1)OCO2)NNC(=O)[C@H]1CCS(=O)(=O)C1. The summed E-state index contributed by atoms with van der Waals surface area (Å²) in [6.07, 6.45) is 2.96. The van der Waals surface area contributed by atoms with Gasteiger partial charge >= 0.3 is 0 Å². The van der Waals surface area contributed by atoms with E-state index >= 15 is 0 Å². The second-order valence-corrected chi connectivity index (χ2v) is 8.28. The fourth-order valence-electron chi connectivity index (χ4n) is 2.52. The van der Waals surface area contributed by atoms with E-state index in [9.17, 15) is 18.0 Å². The second-order valence-electron chi connectivity index (χ2n) is 5.65. The van der Waals surface area contributed by atoms with E-state index in [1.165, 1.54) is 12.2 Å². The van der Waals surface area contributed by atoms with Crippen molar-refractivity contribution in [2.24, 2.45) is 5.92 Å². The van der Waals surface area contributed by atoms with E-state index in [4.69, 9.17) is 21.1 Å². The van der Waals surface area contributed by atoms with Crippen molar-refractivity contribution in [1.82, 2.24) is 10.9 Å². The Bertz CT molecular complexity index is 852. The van der Waals surface area contributed by atoms with Crippen LogP contribution in [0.3, 0.4) is 0 Å². The van der Waals surface area contributed by atoms with E-state index in [1.54, 1.807) is 12.1 Å². The number of ether oxygens (including phenoxy) is 2. The first-order valence-corrected chi connectivity index (χ1v) is 9.61. The zero-order chi connectivity index (χ0) is 18.0. The third kappa shape index (κ3) is 4.23. The molecule has 1 atom stereocenters. The molecule has 0 unspecified atom stereocenters. The van der Waals surface area contributed by atoms with Gasteiger partial charge in [-0.15, -0.1) is 0 Å². The van der Waals surface area contributed by atoms with Crippen LogP contribution in [-0.2, 0) is 19.4 Å². The molecule has 2 heterocycles. The number of hydrogen-bond acceptors (Lipinski definition) is 6. The molecule has 25 heavy (non-hydrogen) atoms. The summed E-state index contributed by atoms with van der Waals surface area (Å²) >= 11 is 6.04. The number of halogens is 1. The molecular formula is C15H15ClN2O6S. The number of fused-ring (bicyclic) bond motifs is 1. The van der Waals surface area contributed by atoms with Crippen molar-refractivity contribution in [3.05, 3.63) is 28.8 Å². The molecule has 1 aromatic rings. The van der Waals surface area contributed by atoms with E-state index in [1.807, 2.05) is 0 Å². The molecule has 2 aliphatic rings. The maximum atomic E-state index is 11.8. The van der Waals surface area contributed by atoms with Gasteiger partial charge in [-0.25, -0.2) is 8.42 Å². The lowest BCUT2D eigenvalue weighted by molar-refractivity contribution is -0.129. The van der Waals surface area contributed by atoms with Crippen LogP contribution in [0, 0.1) is 5.92 Å². The fourth-order valence-corrected chi connectivity index (χ4v) is 4.54. The molecule has 0 aromatic heterocycles. The fraction of sp³-hybridized carbons (Fsp3) is 0.333. The maximum absolute atomic E-state index is 11.8. The van der Waals surface area contributed by atoms with E-state index in [-0.39, 0.29) is 24.7 Å². The Morgan fingerprint density at radius 2 is 2.04 bits per heavy atom. The molecule has 2 N–H and O–H groups in total. The number of nitrogens with one attached hydrogen (secondary N) is 2. The summed E-state index contributed by atoms with van der Waals surface area (Å²) < 4.78 is 33.1. The summed E-state index contributed by atoms with van der Waals surface area (Å²) in [7, 11) is -3.16. The zero-order valence-corrected chi connectivity index (χ0v) is 14.5. The summed E-state index contributed by atoms with van der Waals surface area (Å²) in [4.78, 5) is 23.6. The molecule has 0 radical (unpaired) electrons. The highest BCUT2D eigenvalue weighted by atomic mass is 35.5. The minimum absolute atomic E-state index is 0.0101. The molecule has 10 heteroatoms. The van der Waals surface area contributed by atoms with Crippen molar-refractivity contribution in [3.63, 3.8) is 0 Å². The predicted molar refractivity (Wildman–Crippen MR) is 89.7 cm³/mol. The Morgan fingerprint density at radius 1 is 1.24 bits per heavy atom. The highest BCUT2D eigenvalue weighted by Gasteiger charge is 2.33. The van der Waals surface area contributed by atoms with Crippen LogP contribution in [0.5, 0.6) is 11.5 Å². The maximum Gasteiger partial charge on any atom is 0.262 e. The van der Waals surface area contributed by atoms with Crippen LogP contribution in [0.15, 0.2) is 18.2 Å². The smallest absolute Gasteiger partial charge is 0.262 e. The quantitative estimate of drug-likeness (QED) is 0.583. The topological polar surface area (TPSA) is 111 Å². The van der Waals surface area contributed by atoms with E-state index < -0.39 is 27.6 Å². The van der Waals surface area contributed by atoms with Crippen molar-refractivity contribution in [2.45, 2.75) is 6.42 Å². The van der Waals surface area contributed by atoms with E-state index in [2.05, 4.69) is 10.9 Å². The van der Waals surface area contributed by atoms with Crippen LogP contribution in [0.25, 0.3) is 6.08 Å². The van der Waals surface area contributed by atoms with Crippen molar-refractivity contribution in [3.8, 4) is 11.5 Å². The molecule has 1 saturated heterocycles. The lowest BCUT2D eigenvalue weighted by Crippen LogP contribution is -2.44. The van der Waals surface area contributed by atoms with Gasteiger partial charge < -0.3 is 9.47 Å². The van der Waals surface area contributed by atoms with Gasteiger partial charge in [-0.2, -0.15) is 0 Å². The Morgan fingerprint density at radius 3 is 2.76 bits per heavy atom. The second kappa shape index (κ2) is 6.93. The zero-order valence-electron chi connectivity index (χ0n) is 13.0. The van der Waals surface area contributed by atoms with Gasteiger partial charge in [0.2, 0.25) is 12.7 Å². The summed E-state index contributed by atoms with van der Waals surface area (Å²) in [5.41, 5.74) is 5.06. The number of sulfone groups is 1. The molecule has 0 aliphatic carbocycles. The third-order valence-corrected chi connectivity index (χ3v) is 5.84. The molecule has 2 aliphatic heterocycles. The number of benzene rings is 1. The first-order valence-electron chi connectivity index (χ1n) is 7.41. The molecule has 0 saturated carbocycles. The Hall–Kier alpha value is -2.26. The first kappa shape index (κ1) is 17.6. The van der Waals surface area contributed by atoms with Gasteiger partial charge in [-0.3, -0.25) is 20.4 Å². The Balaban J connectivity index is 1.53. The van der Waals surface area contributed by atoms with Crippen LogP contribution < -0.4 is 20.3 Å². The van der Waals surface area contributed by atoms with Gasteiger partial charge in [-0.05, 0) is 30.2 Å². The summed E-state index contributed by atoms with van der Waals surface area (Å²) in [5, 5.41) is 0.366. The van der Waals surface area contributed by atoms with Crippen LogP contribution >= 0.6 is 11.6 Å². The number of hydrazine groups is 1. The third-order valence-electron chi connectivity index (χ3n) is 3.79. The van der Waals surface area contributed by atoms with Gasteiger partial charge in [-0.1, -0.05) is 11.6 Å². The van der Waals surface area contributed by atoms with Crippen LogP contribution in [-0.4, -0.2) is 38.5 Å². The highest BCUT2D eigenvalue weighted by Crippen LogP contribution is 2.40. The molecular weight excluding hydrogens is 372 g/mol. The number of rotatable bonds is 3. The number of amides is 2. The summed E-state index contributed by atoms with van der Waals surface area (Å²) in [5.74, 6) is -0.978. The first-order chi connectivity index (χ1) is 11.8. The summed E-state index contributed by atoms with van der Waals surface area (Å²) in [6, 6.07) is 3.28. The molecule has 8 nitrogen and oxygen atoms in total.